The van der Waals surface area contributed by atoms with E-state index in [-0.39, 0.29) is 45.1 Å². The summed E-state index contributed by atoms with van der Waals surface area (Å²) in [6.45, 7) is -0.589. The molecule has 0 amide bonds. The summed E-state index contributed by atoms with van der Waals surface area (Å²) < 4.78 is 48.8. The minimum atomic E-state index is -1.74. The number of ether oxygens (including phenoxy) is 8. The lowest BCUT2D eigenvalue weighted by Crippen LogP contribution is -2.64. The van der Waals surface area contributed by atoms with E-state index in [4.69, 9.17) is 37.9 Å². The van der Waals surface area contributed by atoms with E-state index in [0.29, 0.717) is 11.1 Å². The molecule has 65 heavy (non-hydrogen) atoms. The van der Waals surface area contributed by atoms with Crippen LogP contribution in [-0.2, 0) is 28.5 Å². The van der Waals surface area contributed by atoms with Gasteiger partial charge < -0.3 is 43.0 Å². The van der Waals surface area contributed by atoms with E-state index in [2.05, 4.69) is 0 Å². The fourth-order valence-corrected chi connectivity index (χ4v) is 6.89. The number of esters is 4. The van der Waals surface area contributed by atoms with E-state index in [1.54, 1.807) is 115 Å². The smallest absolute Gasteiger partial charge is 0.338 e. The quantitative estimate of drug-likeness (QED) is 0.0428. The molecule has 1 aliphatic heterocycles. The molecule has 0 unspecified atom stereocenters. The Hall–Kier alpha value is -8.23. The molecule has 1 N–H and O–H groups in total. The van der Waals surface area contributed by atoms with E-state index in [1.165, 1.54) is 68.8 Å². The van der Waals surface area contributed by atoms with Crippen molar-refractivity contribution >= 4 is 41.5 Å². The second kappa shape index (κ2) is 21.2. The van der Waals surface area contributed by atoms with Crippen LogP contribution < -0.4 is 14.2 Å². The van der Waals surface area contributed by atoms with Gasteiger partial charge >= 0.3 is 29.8 Å². The Morgan fingerprint density at radius 1 is 0.523 bits per heavy atom. The van der Waals surface area contributed by atoms with Crippen LogP contribution in [0.4, 0.5) is 0 Å². The molecule has 330 valence electrons. The molecule has 0 aromatic heterocycles. The molecule has 5 atom stereocenters. The van der Waals surface area contributed by atoms with Crippen LogP contribution in [0.3, 0.4) is 0 Å². The molecule has 1 aliphatic rings. The number of hydrogen-bond acceptors (Lipinski definition) is 13. The van der Waals surface area contributed by atoms with Gasteiger partial charge in [0.15, 0.2) is 23.7 Å². The third-order valence-corrected chi connectivity index (χ3v) is 10.1. The monoisotopic (exact) mass is 878 g/mol. The molecule has 0 spiro atoms. The number of methoxy groups -OCH3 is 2. The Morgan fingerprint density at radius 2 is 0.908 bits per heavy atom. The zero-order valence-electron chi connectivity index (χ0n) is 35.0. The number of hydrogen-bond donors (Lipinski definition) is 1. The molecule has 6 aromatic carbocycles. The van der Waals surface area contributed by atoms with Crippen molar-refractivity contribution in [2.24, 2.45) is 0 Å². The maximum atomic E-state index is 14.1. The summed E-state index contributed by atoms with van der Waals surface area (Å²) in [4.78, 5) is 67.8. The van der Waals surface area contributed by atoms with Crippen molar-refractivity contribution in [3.8, 4) is 17.2 Å². The average Bonchev–Trinajstić information content (AvgIpc) is 3.35. The molecule has 7 rings (SSSR count). The number of rotatable bonds is 16. The summed E-state index contributed by atoms with van der Waals surface area (Å²) in [5.74, 6) is -4.66. The van der Waals surface area contributed by atoms with Crippen molar-refractivity contribution < 1.29 is 67.0 Å². The highest BCUT2D eigenvalue weighted by Gasteiger charge is 2.54. The molecule has 1 heterocycles. The number of carboxylic acids is 1. The first-order chi connectivity index (χ1) is 31.6. The molecule has 14 heteroatoms. The number of carbonyl (C=O) groups excluding carboxylic acids is 4. The van der Waals surface area contributed by atoms with Crippen molar-refractivity contribution in [2.75, 3.05) is 20.8 Å². The molecular weight excluding hydrogens is 837 g/mol. The standard InChI is InChI=1S/C51H42O14/c1-58-39-29-32(28-38(46(52)53)33-18-8-3-9-19-33)30-40(59-2)42(39)65-51-45(64-50(57)37-26-16-7-17-27-37)44(63-49(56)36-24-14-6-15-25-36)43(62-48(55)35-22-12-5-13-23-35)41(61-51)31-60-47(54)34-20-10-4-11-21-34/h3-30,41,43-45,51H,31H2,1-2H3,(H,52,53)/t41-,43-,44+,45-,51+/m1/s1. The second-order valence-electron chi connectivity index (χ2n) is 14.3. The van der Waals surface area contributed by atoms with Crippen LogP contribution in [0, 0.1) is 0 Å². The molecular formula is C51H42O14. The maximum Gasteiger partial charge on any atom is 0.338 e. The van der Waals surface area contributed by atoms with Crippen molar-refractivity contribution in [1.29, 1.82) is 0 Å². The molecule has 1 fully saturated rings. The van der Waals surface area contributed by atoms with E-state index in [9.17, 15) is 29.1 Å². The van der Waals surface area contributed by atoms with Gasteiger partial charge in [0.1, 0.15) is 12.7 Å². The minimum Gasteiger partial charge on any atom is -0.493 e. The van der Waals surface area contributed by atoms with Crippen LogP contribution in [-0.4, -0.2) is 86.5 Å². The summed E-state index contributed by atoms with van der Waals surface area (Å²) in [6.07, 6.45) is -6.82. The highest BCUT2D eigenvalue weighted by molar-refractivity contribution is 6.20. The van der Waals surface area contributed by atoms with Gasteiger partial charge in [0.05, 0.1) is 42.0 Å². The number of carbonyl (C=O) groups is 5. The summed E-state index contributed by atoms with van der Waals surface area (Å²) in [5, 5.41) is 10.2. The zero-order chi connectivity index (χ0) is 45.7. The van der Waals surface area contributed by atoms with Crippen LogP contribution in [0.25, 0.3) is 11.6 Å². The summed E-state index contributed by atoms with van der Waals surface area (Å²) in [5.41, 5.74) is 1.30. The fraction of sp³-hybridized carbons (Fsp3) is 0.157. The van der Waals surface area contributed by atoms with Crippen molar-refractivity contribution in [1.82, 2.24) is 0 Å². The molecule has 1 saturated heterocycles. The van der Waals surface area contributed by atoms with E-state index in [1.807, 2.05) is 0 Å². The summed E-state index contributed by atoms with van der Waals surface area (Å²) in [6, 6.07) is 43.5. The van der Waals surface area contributed by atoms with Crippen LogP contribution in [0.15, 0.2) is 164 Å². The van der Waals surface area contributed by atoms with Crippen molar-refractivity contribution in [3.05, 3.63) is 197 Å². The summed E-state index contributed by atoms with van der Waals surface area (Å²) in [7, 11) is 2.68. The third kappa shape index (κ3) is 11.1. The molecule has 0 bridgehead atoms. The number of aliphatic carboxylic acids is 1. The van der Waals surface area contributed by atoms with E-state index >= 15 is 0 Å². The van der Waals surface area contributed by atoms with Gasteiger partial charge in [0, 0.05) is 0 Å². The Balaban J connectivity index is 1.35. The highest BCUT2D eigenvalue weighted by atomic mass is 16.7. The average molecular weight is 879 g/mol. The topological polar surface area (TPSA) is 179 Å². The van der Waals surface area contributed by atoms with E-state index in [0.717, 1.165) is 0 Å². The normalized spacial score (nSPS) is 18.0. The van der Waals surface area contributed by atoms with Gasteiger partial charge in [-0.15, -0.1) is 0 Å². The largest absolute Gasteiger partial charge is 0.493 e. The lowest BCUT2D eigenvalue weighted by Gasteiger charge is -2.44. The Kier molecular flexibility index (Phi) is 14.6. The van der Waals surface area contributed by atoms with Gasteiger partial charge in [-0.1, -0.05) is 103 Å². The zero-order valence-corrected chi connectivity index (χ0v) is 35.0. The van der Waals surface area contributed by atoms with Crippen molar-refractivity contribution in [3.63, 3.8) is 0 Å². The van der Waals surface area contributed by atoms with Crippen LogP contribution >= 0.6 is 0 Å². The third-order valence-electron chi connectivity index (χ3n) is 10.1. The van der Waals surface area contributed by atoms with Gasteiger partial charge in [0.25, 0.3) is 0 Å². The Morgan fingerprint density at radius 3 is 1.32 bits per heavy atom. The molecule has 0 saturated carbocycles. The highest BCUT2D eigenvalue weighted by Crippen LogP contribution is 2.42. The Labute approximate surface area is 373 Å². The SMILES string of the molecule is COc1cc(C=C(C(=O)O)c2ccccc2)cc(OC)c1O[C@@H]1O[C@H](COC(=O)c2ccccc2)[C@@H](OC(=O)c2ccccc2)[C@H](OC(=O)c2ccccc2)[C@H]1OC(=O)c1ccccc1. The molecule has 0 radical (unpaired) electrons. The van der Waals surface area contributed by atoms with Crippen molar-refractivity contribution in [2.45, 2.75) is 30.7 Å². The predicted molar refractivity (Wildman–Crippen MR) is 234 cm³/mol. The molecule has 14 nitrogen and oxygen atoms in total. The lowest BCUT2D eigenvalue weighted by atomic mass is 9.97. The second-order valence-corrected chi connectivity index (χ2v) is 14.3. The number of carboxylic acid groups (broad SMARTS) is 1. The van der Waals surface area contributed by atoms with Crippen LogP contribution in [0.5, 0.6) is 17.2 Å². The molecule has 6 aromatic rings. The van der Waals surface area contributed by atoms with Gasteiger partial charge in [0.2, 0.25) is 18.1 Å². The van der Waals surface area contributed by atoms with Crippen LogP contribution in [0.2, 0.25) is 0 Å². The van der Waals surface area contributed by atoms with Gasteiger partial charge in [-0.2, -0.15) is 0 Å². The van der Waals surface area contributed by atoms with Crippen LogP contribution in [0.1, 0.15) is 52.6 Å². The maximum absolute atomic E-state index is 14.1. The first-order valence-corrected chi connectivity index (χ1v) is 20.2. The number of benzene rings is 6. The van der Waals surface area contributed by atoms with Gasteiger partial charge in [-0.25, -0.2) is 24.0 Å². The minimum absolute atomic E-state index is 0.0210. The van der Waals surface area contributed by atoms with Gasteiger partial charge in [-0.05, 0) is 77.9 Å². The molecule has 0 aliphatic carbocycles. The first kappa shape index (κ1) is 44.8. The lowest BCUT2D eigenvalue weighted by molar-refractivity contribution is -0.275. The fourth-order valence-electron chi connectivity index (χ4n) is 6.89. The van der Waals surface area contributed by atoms with E-state index < -0.39 is 67.2 Å². The Bertz CT molecular complexity index is 2590. The van der Waals surface area contributed by atoms with Gasteiger partial charge in [-0.3, -0.25) is 0 Å². The predicted octanol–water partition coefficient (Wildman–Crippen LogP) is 7.97. The summed E-state index contributed by atoms with van der Waals surface area (Å²) >= 11 is 0. The first-order valence-electron chi connectivity index (χ1n) is 20.2.